The van der Waals surface area contributed by atoms with Gasteiger partial charge in [0.2, 0.25) is 0 Å². The Hall–Kier alpha value is -0.570. The zero-order valence-electron chi connectivity index (χ0n) is 7.86. The lowest BCUT2D eigenvalue weighted by molar-refractivity contribution is 0.679. The zero-order valence-corrected chi connectivity index (χ0v) is 8.68. The van der Waals surface area contributed by atoms with Gasteiger partial charge >= 0.3 is 0 Å². The average molecular weight is 194 g/mol. The van der Waals surface area contributed by atoms with Crippen LogP contribution in [-0.4, -0.2) is 16.2 Å². The molecule has 0 saturated heterocycles. The van der Waals surface area contributed by atoms with Gasteiger partial charge in [0.1, 0.15) is 0 Å². The molecule has 70 valence electrons. The van der Waals surface area contributed by atoms with Crippen LogP contribution in [0.3, 0.4) is 0 Å². The van der Waals surface area contributed by atoms with E-state index in [2.05, 4.69) is 16.0 Å². The van der Waals surface area contributed by atoms with E-state index in [9.17, 15) is 0 Å². The second-order valence-corrected chi connectivity index (χ2v) is 4.22. The third-order valence-corrected chi connectivity index (χ3v) is 3.17. The highest BCUT2D eigenvalue weighted by Crippen LogP contribution is 2.33. The van der Waals surface area contributed by atoms with Crippen molar-refractivity contribution in [3.8, 4) is 0 Å². The minimum atomic E-state index is 0.703. The highest BCUT2D eigenvalue weighted by molar-refractivity contribution is 7.98. The molecule has 0 spiro atoms. The van der Waals surface area contributed by atoms with Gasteiger partial charge in [0.05, 0.1) is 0 Å². The molecule has 0 radical (unpaired) electrons. The van der Waals surface area contributed by atoms with Crippen molar-refractivity contribution in [3.63, 3.8) is 0 Å². The predicted octanol–water partition coefficient (Wildman–Crippen LogP) is 2.86. The molecule has 1 saturated carbocycles. The first-order valence-corrected chi connectivity index (χ1v) is 5.99. The summed E-state index contributed by atoms with van der Waals surface area (Å²) in [4.78, 5) is 8.71. The first-order chi connectivity index (χ1) is 6.40. The van der Waals surface area contributed by atoms with E-state index in [4.69, 9.17) is 0 Å². The SMILES string of the molecule is CSc1nccc(C2CCCC2)n1. The summed E-state index contributed by atoms with van der Waals surface area (Å²) in [5.41, 5.74) is 1.25. The Balaban J connectivity index is 2.18. The lowest BCUT2D eigenvalue weighted by Crippen LogP contribution is -1.98. The summed E-state index contributed by atoms with van der Waals surface area (Å²) in [6.45, 7) is 0. The van der Waals surface area contributed by atoms with Gasteiger partial charge in [-0.25, -0.2) is 9.97 Å². The number of rotatable bonds is 2. The Morgan fingerprint density at radius 3 is 2.85 bits per heavy atom. The second kappa shape index (κ2) is 4.09. The quantitative estimate of drug-likeness (QED) is 0.535. The topological polar surface area (TPSA) is 25.8 Å². The maximum Gasteiger partial charge on any atom is 0.187 e. The molecular formula is C10H14N2S. The fourth-order valence-corrected chi connectivity index (χ4v) is 2.26. The Morgan fingerprint density at radius 1 is 1.38 bits per heavy atom. The largest absolute Gasteiger partial charge is 0.231 e. The molecule has 1 aromatic rings. The molecule has 2 rings (SSSR count). The third-order valence-electron chi connectivity index (χ3n) is 2.61. The van der Waals surface area contributed by atoms with Crippen LogP contribution in [0.4, 0.5) is 0 Å². The molecular weight excluding hydrogens is 180 g/mol. The molecule has 13 heavy (non-hydrogen) atoms. The van der Waals surface area contributed by atoms with Crippen molar-refractivity contribution in [2.75, 3.05) is 6.26 Å². The molecule has 0 aromatic carbocycles. The lowest BCUT2D eigenvalue weighted by atomic mass is 10.0. The first kappa shape index (κ1) is 9.00. The Bertz CT molecular complexity index is 282. The summed E-state index contributed by atoms with van der Waals surface area (Å²) in [5.74, 6) is 0.703. The molecule has 0 aliphatic heterocycles. The van der Waals surface area contributed by atoms with Gasteiger partial charge in [0.15, 0.2) is 5.16 Å². The van der Waals surface area contributed by atoms with Crippen LogP contribution in [0, 0.1) is 0 Å². The molecule has 1 heterocycles. The number of hydrogen-bond donors (Lipinski definition) is 0. The van der Waals surface area contributed by atoms with E-state index in [1.165, 1.54) is 31.4 Å². The smallest absolute Gasteiger partial charge is 0.187 e. The van der Waals surface area contributed by atoms with Crippen LogP contribution in [0.25, 0.3) is 0 Å². The van der Waals surface area contributed by atoms with Gasteiger partial charge in [-0.05, 0) is 25.2 Å². The highest BCUT2D eigenvalue weighted by atomic mass is 32.2. The predicted molar refractivity (Wildman–Crippen MR) is 55.0 cm³/mol. The van der Waals surface area contributed by atoms with Gasteiger partial charge in [-0.1, -0.05) is 24.6 Å². The minimum absolute atomic E-state index is 0.703. The van der Waals surface area contributed by atoms with E-state index in [1.807, 2.05) is 12.5 Å². The first-order valence-electron chi connectivity index (χ1n) is 4.77. The van der Waals surface area contributed by atoms with Crippen molar-refractivity contribution in [1.82, 2.24) is 9.97 Å². The molecule has 3 heteroatoms. The number of nitrogens with zero attached hydrogens (tertiary/aromatic N) is 2. The van der Waals surface area contributed by atoms with Crippen molar-refractivity contribution < 1.29 is 0 Å². The van der Waals surface area contributed by atoms with Crippen LogP contribution in [-0.2, 0) is 0 Å². The number of thioether (sulfide) groups is 1. The van der Waals surface area contributed by atoms with Crippen molar-refractivity contribution in [2.24, 2.45) is 0 Å². The summed E-state index contributed by atoms with van der Waals surface area (Å²) in [6, 6.07) is 2.07. The van der Waals surface area contributed by atoms with Crippen LogP contribution < -0.4 is 0 Å². The average Bonchev–Trinajstić information content (AvgIpc) is 2.71. The molecule has 1 aliphatic rings. The van der Waals surface area contributed by atoms with Crippen LogP contribution in [0.1, 0.15) is 37.3 Å². The van der Waals surface area contributed by atoms with Crippen LogP contribution in [0.5, 0.6) is 0 Å². The standard InChI is InChI=1S/C10H14N2S/c1-13-10-11-7-6-9(12-10)8-4-2-3-5-8/h6-8H,2-5H2,1H3. The number of hydrogen-bond acceptors (Lipinski definition) is 3. The molecule has 0 amide bonds. The van der Waals surface area contributed by atoms with E-state index in [0.29, 0.717) is 5.92 Å². The molecule has 0 N–H and O–H groups in total. The van der Waals surface area contributed by atoms with Crippen molar-refractivity contribution >= 4 is 11.8 Å². The van der Waals surface area contributed by atoms with Gasteiger partial charge in [-0.15, -0.1) is 0 Å². The minimum Gasteiger partial charge on any atom is -0.231 e. The summed E-state index contributed by atoms with van der Waals surface area (Å²) < 4.78 is 0. The van der Waals surface area contributed by atoms with Crippen LogP contribution in [0.2, 0.25) is 0 Å². The van der Waals surface area contributed by atoms with E-state index < -0.39 is 0 Å². The second-order valence-electron chi connectivity index (χ2n) is 3.45. The Morgan fingerprint density at radius 2 is 2.15 bits per heavy atom. The fraction of sp³-hybridized carbons (Fsp3) is 0.600. The molecule has 2 nitrogen and oxygen atoms in total. The van der Waals surface area contributed by atoms with Gasteiger partial charge in [-0.3, -0.25) is 0 Å². The van der Waals surface area contributed by atoms with Crippen LogP contribution in [0.15, 0.2) is 17.4 Å². The summed E-state index contributed by atoms with van der Waals surface area (Å²) >= 11 is 1.62. The van der Waals surface area contributed by atoms with Gasteiger partial charge in [0, 0.05) is 17.8 Å². The van der Waals surface area contributed by atoms with E-state index in [1.54, 1.807) is 11.8 Å². The Kier molecular flexibility index (Phi) is 2.83. The number of aromatic nitrogens is 2. The fourth-order valence-electron chi connectivity index (χ4n) is 1.90. The van der Waals surface area contributed by atoms with Crippen molar-refractivity contribution in [1.29, 1.82) is 0 Å². The van der Waals surface area contributed by atoms with E-state index in [0.717, 1.165) is 5.16 Å². The molecule has 1 fully saturated rings. The molecule has 0 unspecified atom stereocenters. The normalized spacial score (nSPS) is 17.9. The third kappa shape index (κ3) is 2.02. The maximum atomic E-state index is 4.53. The van der Waals surface area contributed by atoms with Crippen molar-refractivity contribution in [2.45, 2.75) is 36.8 Å². The monoisotopic (exact) mass is 194 g/mol. The molecule has 0 bridgehead atoms. The highest BCUT2D eigenvalue weighted by Gasteiger charge is 2.18. The summed E-state index contributed by atoms with van der Waals surface area (Å²) in [5, 5.41) is 0.907. The van der Waals surface area contributed by atoms with Gasteiger partial charge in [0.25, 0.3) is 0 Å². The van der Waals surface area contributed by atoms with Gasteiger partial charge < -0.3 is 0 Å². The molecule has 0 atom stereocenters. The van der Waals surface area contributed by atoms with Crippen LogP contribution >= 0.6 is 11.8 Å². The molecule has 1 aliphatic carbocycles. The van der Waals surface area contributed by atoms with Gasteiger partial charge in [-0.2, -0.15) is 0 Å². The lowest BCUT2D eigenvalue weighted by Gasteiger charge is -2.07. The summed E-state index contributed by atoms with van der Waals surface area (Å²) in [6.07, 6.45) is 9.25. The van der Waals surface area contributed by atoms with Crippen molar-refractivity contribution in [3.05, 3.63) is 18.0 Å². The summed E-state index contributed by atoms with van der Waals surface area (Å²) in [7, 11) is 0. The molecule has 1 aromatic heterocycles. The van der Waals surface area contributed by atoms with E-state index in [-0.39, 0.29) is 0 Å². The zero-order chi connectivity index (χ0) is 9.10. The Labute approximate surface area is 83.2 Å². The van der Waals surface area contributed by atoms with E-state index >= 15 is 0 Å². The maximum absolute atomic E-state index is 4.53.